The summed E-state index contributed by atoms with van der Waals surface area (Å²) < 4.78 is 0. The van der Waals surface area contributed by atoms with Crippen LogP contribution < -0.4 is 5.32 Å². The molecule has 2 aromatic rings. The number of aromatic nitrogens is 2. The number of rotatable bonds is 2. The molecule has 0 saturated heterocycles. The van der Waals surface area contributed by atoms with E-state index in [0.717, 1.165) is 42.3 Å². The zero-order chi connectivity index (χ0) is 12.4. The Morgan fingerprint density at radius 1 is 1.11 bits per heavy atom. The molecule has 18 heavy (non-hydrogen) atoms. The first-order chi connectivity index (χ1) is 8.83. The Kier molecular flexibility index (Phi) is 3.11. The molecule has 1 fully saturated rings. The van der Waals surface area contributed by atoms with E-state index in [4.69, 9.17) is 0 Å². The minimum Gasteiger partial charge on any atom is -0.393 e. The molecule has 1 saturated carbocycles. The smallest absolute Gasteiger partial charge is 0.156 e. The van der Waals surface area contributed by atoms with Gasteiger partial charge in [0.15, 0.2) is 5.82 Å². The van der Waals surface area contributed by atoms with Crippen molar-refractivity contribution in [2.24, 2.45) is 0 Å². The number of aliphatic hydroxyl groups is 1. The normalized spacial score (nSPS) is 24.1. The highest BCUT2D eigenvalue weighted by atomic mass is 16.3. The first kappa shape index (κ1) is 11.4. The highest BCUT2D eigenvalue weighted by molar-refractivity contribution is 5.90. The fraction of sp³-hybridized carbons (Fsp3) is 0.429. The fourth-order valence-electron chi connectivity index (χ4n) is 2.55. The van der Waals surface area contributed by atoms with Crippen LogP contribution in [-0.2, 0) is 0 Å². The van der Waals surface area contributed by atoms with E-state index in [1.165, 1.54) is 0 Å². The molecule has 2 N–H and O–H groups in total. The van der Waals surface area contributed by atoms with Crippen molar-refractivity contribution in [2.45, 2.75) is 37.8 Å². The lowest BCUT2D eigenvalue weighted by Gasteiger charge is -2.26. The quantitative estimate of drug-likeness (QED) is 0.850. The van der Waals surface area contributed by atoms with Crippen molar-refractivity contribution in [2.75, 3.05) is 5.32 Å². The standard InChI is InChI=1S/C14H17N3O/c18-12-7-5-11(6-8-12)16-14-13-4-2-1-3-10(13)9-15-17-14/h1-4,9,11-12,18H,5-8H2,(H,16,17). The van der Waals surface area contributed by atoms with Crippen LogP contribution >= 0.6 is 0 Å². The Labute approximate surface area is 106 Å². The predicted octanol–water partition coefficient (Wildman–Crippen LogP) is 2.35. The largest absolute Gasteiger partial charge is 0.393 e. The van der Waals surface area contributed by atoms with Gasteiger partial charge in [-0.05, 0) is 25.7 Å². The second-order valence-electron chi connectivity index (χ2n) is 4.93. The SMILES string of the molecule is OC1CCC(Nc2nncc3ccccc23)CC1. The van der Waals surface area contributed by atoms with Crippen molar-refractivity contribution in [3.63, 3.8) is 0 Å². The first-order valence-electron chi connectivity index (χ1n) is 6.48. The molecule has 0 atom stereocenters. The summed E-state index contributed by atoms with van der Waals surface area (Å²) in [6, 6.07) is 8.52. The number of fused-ring (bicyclic) bond motifs is 1. The summed E-state index contributed by atoms with van der Waals surface area (Å²) in [7, 11) is 0. The van der Waals surface area contributed by atoms with Crippen LogP contribution in [0, 0.1) is 0 Å². The molecule has 1 aliphatic carbocycles. The van der Waals surface area contributed by atoms with Gasteiger partial charge in [0.05, 0.1) is 12.3 Å². The van der Waals surface area contributed by atoms with Gasteiger partial charge in [-0.3, -0.25) is 0 Å². The molecule has 1 aliphatic rings. The summed E-state index contributed by atoms with van der Waals surface area (Å²) in [5.41, 5.74) is 0. The van der Waals surface area contributed by atoms with Gasteiger partial charge in [-0.1, -0.05) is 24.3 Å². The topological polar surface area (TPSA) is 58.0 Å². The van der Waals surface area contributed by atoms with Crippen molar-refractivity contribution < 1.29 is 5.11 Å². The van der Waals surface area contributed by atoms with Gasteiger partial charge in [0.2, 0.25) is 0 Å². The van der Waals surface area contributed by atoms with Crippen LogP contribution in [0.25, 0.3) is 10.8 Å². The summed E-state index contributed by atoms with van der Waals surface area (Å²) in [6.45, 7) is 0. The lowest BCUT2D eigenvalue weighted by molar-refractivity contribution is 0.126. The monoisotopic (exact) mass is 243 g/mol. The van der Waals surface area contributed by atoms with Crippen molar-refractivity contribution in [1.29, 1.82) is 0 Å². The molecule has 3 rings (SSSR count). The predicted molar refractivity (Wildman–Crippen MR) is 71.4 cm³/mol. The van der Waals surface area contributed by atoms with Gasteiger partial charge in [-0.15, -0.1) is 5.10 Å². The van der Waals surface area contributed by atoms with Gasteiger partial charge < -0.3 is 10.4 Å². The number of benzene rings is 1. The van der Waals surface area contributed by atoms with Gasteiger partial charge in [0.1, 0.15) is 0 Å². The number of aliphatic hydroxyl groups excluding tert-OH is 1. The van der Waals surface area contributed by atoms with E-state index in [1.807, 2.05) is 18.2 Å². The van der Waals surface area contributed by atoms with Crippen LogP contribution in [-0.4, -0.2) is 27.4 Å². The number of hydrogen-bond acceptors (Lipinski definition) is 4. The molecule has 1 aromatic carbocycles. The zero-order valence-corrected chi connectivity index (χ0v) is 10.2. The Balaban J connectivity index is 1.82. The minimum atomic E-state index is -0.123. The first-order valence-corrected chi connectivity index (χ1v) is 6.48. The van der Waals surface area contributed by atoms with Crippen LogP contribution in [0.1, 0.15) is 25.7 Å². The third-order valence-corrected chi connectivity index (χ3v) is 3.61. The number of nitrogens with zero attached hydrogens (tertiary/aromatic N) is 2. The Morgan fingerprint density at radius 2 is 1.89 bits per heavy atom. The van der Waals surface area contributed by atoms with Gasteiger partial charge in [0, 0.05) is 16.8 Å². The minimum absolute atomic E-state index is 0.123. The van der Waals surface area contributed by atoms with Gasteiger partial charge >= 0.3 is 0 Å². The van der Waals surface area contributed by atoms with Crippen molar-refractivity contribution in [3.05, 3.63) is 30.5 Å². The van der Waals surface area contributed by atoms with E-state index in [1.54, 1.807) is 6.20 Å². The second kappa shape index (κ2) is 4.90. The van der Waals surface area contributed by atoms with Gasteiger partial charge in [-0.25, -0.2) is 0 Å². The van der Waals surface area contributed by atoms with Gasteiger partial charge in [-0.2, -0.15) is 5.10 Å². The summed E-state index contributed by atoms with van der Waals surface area (Å²) in [6.07, 6.45) is 5.39. The number of hydrogen-bond donors (Lipinski definition) is 2. The highest BCUT2D eigenvalue weighted by Crippen LogP contribution is 2.25. The third kappa shape index (κ3) is 2.29. The number of anilines is 1. The van der Waals surface area contributed by atoms with E-state index in [0.29, 0.717) is 6.04 Å². The third-order valence-electron chi connectivity index (χ3n) is 3.61. The molecule has 4 nitrogen and oxygen atoms in total. The molecular formula is C14H17N3O. The average molecular weight is 243 g/mol. The van der Waals surface area contributed by atoms with Crippen LogP contribution in [0.5, 0.6) is 0 Å². The maximum atomic E-state index is 9.51. The van der Waals surface area contributed by atoms with E-state index in [-0.39, 0.29) is 6.10 Å². The molecule has 0 radical (unpaired) electrons. The molecular weight excluding hydrogens is 226 g/mol. The molecule has 0 spiro atoms. The van der Waals surface area contributed by atoms with Crippen LogP contribution in [0.2, 0.25) is 0 Å². The number of nitrogens with one attached hydrogen (secondary N) is 1. The molecule has 0 aliphatic heterocycles. The Morgan fingerprint density at radius 3 is 2.72 bits per heavy atom. The molecule has 4 heteroatoms. The van der Waals surface area contributed by atoms with Gasteiger partial charge in [0.25, 0.3) is 0 Å². The van der Waals surface area contributed by atoms with Crippen LogP contribution in [0.4, 0.5) is 5.82 Å². The maximum Gasteiger partial charge on any atom is 0.156 e. The second-order valence-corrected chi connectivity index (χ2v) is 4.93. The average Bonchev–Trinajstić information content (AvgIpc) is 2.42. The zero-order valence-electron chi connectivity index (χ0n) is 10.2. The van der Waals surface area contributed by atoms with E-state index >= 15 is 0 Å². The highest BCUT2D eigenvalue weighted by Gasteiger charge is 2.20. The lowest BCUT2D eigenvalue weighted by Crippen LogP contribution is -2.28. The van der Waals surface area contributed by atoms with Crippen molar-refractivity contribution >= 4 is 16.6 Å². The van der Waals surface area contributed by atoms with E-state index < -0.39 is 0 Å². The van der Waals surface area contributed by atoms with Crippen molar-refractivity contribution in [1.82, 2.24) is 10.2 Å². The Hall–Kier alpha value is -1.68. The molecule has 1 aromatic heterocycles. The van der Waals surface area contributed by atoms with Crippen LogP contribution in [0.3, 0.4) is 0 Å². The summed E-state index contributed by atoms with van der Waals surface area (Å²) >= 11 is 0. The molecule has 0 bridgehead atoms. The molecule has 94 valence electrons. The fourth-order valence-corrected chi connectivity index (χ4v) is 2.55. The van der Waals surface area contributed by atoms with Crippen LogP contribution in [0.15, 0.2) is 30.5 Å². The summed E-state index contributed by atoms with van der Waals surface area (Å²) in [4.78, 5) is 0. The maximum absolute atomic E-state index is 9.51. The molecule has 0 unspecified atom stereocenters. The van der Waals surface area contributed by atoms with E-state index in [2.05, 4.69) is 21.6 Å². The summed E-state index contributed by atoms with van der Waals surface area (Å²) in [5.74, 6) is 0.856. The van der Waals surface area contributed by atoms with Crippen molar-refractivity contribution in [3.8, 4) is 0 Å². The van der Waals surface area contributed by atoms with E-state index in [9.17, 15) is 5.11 Å². The molecule has 0 amide bonds. The molecule has 1 heterocycles. The lowest BCUT2D eigenvalue weighted by atomic mass is 9.93. The summed E-state index contributed by atoms with van der Waals surface area (Å²) in [5, 5.41) is 23.4. The Bertz CT molecular complexity index is 530.